The summed E-state index contributed by atoms with van der Waals surface area (Å²) in [5.74, 6) is 1.12. The second-order valence-electron chi connectivity index (χ2n) is 10.4. The number of nitrogens with one attached hydrogen (secondary N) is 1. The van der Waals surface area contributed by atoms with E-state index in [-0.39, 0.29) is 24.6 Å². The number of amides is 2. The molecule has 1 unspecified atom stereocenters. The Morgan fingerprint density at radius 3 is 2.56 bits per heavy atom. The van der Waals surface area contributed by atoms with Crippen LogP contribution in [0.1, 0.15) is 67.8 Å². The molecule has 0 radical (unpaired) electrons. The molecule has 9 heteroatoms. The molecule has 4 aliphatic rings. The number of ether oxygens (including phenoxy) is 1. The van der Waals surface area contributed by atoms with Gasteiger partial charge in [0.25, 0.3) is 0 Å². The Balaban J connectivity index is 1.37. The molecule has 2 atom stereocenters. The van der Waals surface area contributed by atoms with Gasteiger partial charge < -0.3 is 15.0 Å². The third kappa shape index (κ3) is 6.30. The van der Waals surface area contributed by atoms with Crippen molar-refractivity contribution in [2.24, 2.45) is 0 Å². The number of cyclic esters (lactones) is 1. The standard InChI is InChI=1S/C30H38N6O3/c1-3-27(37)35-18-16-34(17-19-35)26-10-8-6-4-5-7-9-15-36-28-25(21-39-30(36)38)20-31-29(33-28)32-22(2)23-11-13-24(26)14-12-23/h3,5,7,11-14,20,22,26H,1,4,6,8-10,15-19,21H2,2H3,(H,31,32,33)/b7-5+/t22-,26?/m0/s1. The highest BCUT2D eigenvalue weighted by molar-refractivity contribution is 5.89. The number of rotatable bonds is 2. The average molecular weight is 531 g/mol. The molecule has 39 heavy (non-hydrogen) atoms. The number of hydrogen-bond donors (Lipinski definition) is 1. The molecule has 2 amide bonds. The third-order valence-corrected chi connectivity index (χ3v) is 7.86. The van der Waals surface area contributed by atoms with Gasteiger partial charge in [0, 0.05) is 45.0 Å². The number of carbonyl (C=O) groups excluding carboxylic acids is 2. The van der Waals surface area contributed by atoms with Crippen molar-refractivity contribution in [1.29, 1.82) is 0 Å². The number of allylic oxidation sites excluding steroid dienone is 1. The maximum absolute atomic E-state index is 12.5. The summed E-state index contributed by atoms with van der Waals surface area (Å²) in [4.78, 5) is 39.8. The molecule has 4 bridgehead atoms. The molecule has 1 saturated heterocycles. The van der Waals surface area contributed by atoms with Crippen molar-refractivity contribution in [1.82, 2.24) is 19.8 Å². The molecule has 0 aliphatic carbocycles. The minimum absolute atomic E-state index is 0.0140. The first-order chi connectivity index (χ1) is 19.0. The fourth-order valence-electron chi connectivity index (χ4n) is 5.57. The van der Waals surface area contributed by atoms with Crippen LogP contribution < -0.4 is 10.2 Å². The highest BCUT2D eigenvalue weighted by atomic mass is 16.6. The fraction of sp³-hybridized carbons (Fsp3) is 0.467. The summed E-state index contributed by atoms with van der Waals surface area (Å²) in [5, 5.41) is 3.41. The van der Waals surface area contributed by atoms with Crippen LogP contribution in [0.3, 0.4) is 0 Å². The van der Waals surface area contributed by atoms with E-state index in [2.05, 4.69) is 65.1 Å². The molecule has 5 heterocycles. The zero-order chi connectivity index (χ0) is 27.2. The van der Waals surface area contributed by atoms with Crippen LogP contribution in [0.5, 0.6) is 0 Å². The predicted molar refractivity (Wildman–Crippen MR) is 151 cm³/mol. The quantitative estimate of drug-likeness (QED) is 0.432. The molecule has 0 saturated carbocycles. The highest BCUT2D eigenvalue weighted by Crippen LogP contribution is 2.31. The molecule has 0 spiro atoms. The van der Waals surface area contributed by atoms with Crippen LogP contribution in [0.4, 0.5) is 16.6 Å². The number of nitrogens with zero attached hydrogens (tertiary/aromatic N) is 5. The van der Waals surface area contributed by atoms with Crippen LogP contribution in [0.2, 0.25) is 0 Å². The normalized spacial score (nSPS) is 23.6. The van der Waals surface area contributed by atoms with E-state index in [0.29, 0.717) is 24.4 Å². The van der Waals surface area contributed by atoms with Crippen LogP contribution in [0.25, 0.3) is 0 Å². The molecule has 1 N–H and O–H groups in total. The molecule has 1 aromatic heterocycles. The van der Waals surface area contributed by atoms with Gasteiger partial charge in [-0.15, -0.1) is 0 Å². The maximum Gasteiger partial charge on any atom is 0.415 e. The van der Waals surface area contributed by atoms with Crippen molar-refractivity contribution >= 4 is 23.8 Å². The Morgan fingerprint density at radius 1 is 1.05 bits per heavy atom. The van der Waals surface area contributed by atoms with Crippen LogP contribution in [-0.4, -0.2) is 64.5 Å². The Hall–Kier alpha value is -3.72. The molecular formula is C30H38N6O3. The Labute approximate surface area is 230 Å². The van der Waals surface area contributed by atoms with Crippen LogP contribution in [0, 0.1) is 0 Å². The summed E-state index contributed by atoms with van der Waals surface area (Å²) in [7, 11) is 0. The van der Waals surface area contributed by atoms with Gasteiger partial charge in [0.05, 0.1) is 11.6 Å². The summed E-state index contributed by atoms with van der Waals surface area (Å²) < 4.78 is 5.34. The van der Waals surface area contributed by atoms with Gasteiger partial charge >= 0.3 is 6.09 Å². The number of fused-ring (bicyclic) bond motifs is 10. The number of aromatic nitrogens is 2. The average Bonchev–Trinajstić information content (AvgIpc) is 2.97. The van der Waals surface area contributed by atoms with E-state index in [0.717, 1.165) is 69.4 Å². The van der Waals surface area contributed by atoms with Crippen molar-refractivity contribution in [3.63, 3.8) is 0 Å². The van der Waals surface area contributed by atoms with E-state index in [1.54, 1.807) is 11.1 Å². The van der Waals surface area contributed by atoms with E-state index in [9.17, 15) is 9.59 Å². The van der Waals surface area contributed by atoms with Crippen LogP contribution in [-0.2, 0) is 16.1 Å². The van der Waals surface area contributed by atoms with Crippen LogP contribution in [0.15, 0.2) is 55.3 Å². The molecule has 1 aromatic carbocycles. The molecule has 6 rings (SSSR count). The van der Waals surface area contributed by atoms with E-state index in [4.69, 9.17) is 9.72 Å². The largest absolute Gasteiger partial charge is 0.444 e. The van der Waals surface area contributed by atoms with Crippen molar-refractivity contribution in [3.8, 4) is 0 Å². The summed E-state index contributed by atoms with van der Waals surface area (Å²) in [6.07, 6.45) is 12.2. The second-order valence-corrected chi connectivity index (χ2v) is 10.4. The first-order valence-corrected chi connectivity index (χ1v) is 14.0. The maximum atomic E-state index is 12.5. The monoisotopic (exact) mass is 530 g/mol. The van der Waals surface area contributed by atoms with Crippen molar-refractivity contribution < 1.29 is 14.3 Å². The predicted octanol–water partition coefficient (Wildman–Crippen LogP) is 5.00. The molecule has 2 aromatic rings. The van der Waals surface area contributed by atoms with Crippen molar-refractivity contribution in [3.05, 3.63) is 72.0 Å². The minimum atomic E-state index is -0.365. The smallest absolute Gasteiger partial charge is 0.415 e. The summed E-state index contributed by atoms with van der Waals surface area (Å²) in [5.41, 5.74) is 3.26. The Kier molecular flexibility index (Phi) is 8.56. The minimum Gasteiger partial charge on any atom is -0.444 e. The van der Waals surface area contributed by atoms with Gasteiger partial charge in [0.15, 0.2) is 0 Å². The first kappa shape index (κ1) is 26.9. The van der Waals surface area contributed by atoms with E-state index >= 15 is 0 Å². The SMILES string of the molecule is C=CC(=O)N1CCN(C2CCCC/C=C/CCN3C(=O)OCc4cnc(nc43)N[C@@H](C)c3ccc2cc3)CC1. The number of piperazine rings is 1. The van der Waals surface area contributed by atoms with E-state index in [1.165, 1.54) is 11.6 Å². The zero-order valence-corrected chi connectivity index (χ0v) is 22.7. The Morgan fingerprint density at radius 2 is 1.79 bits per heavy atom. The van der Waals surface area contributed by atoms with Gasteiger partial charge in [-0.3, -0.25) is 14.6 Å². The Bertz CT molecular complexity index is 1210. The summed E-state index contributed by atoms with van der Waals surface area (Å²) >= 11 is 0. The summed E-state index contributed by atoms with van der Waals surface area (Å²) in [6.45, 7) is 9.61. The molecule has 206 valence electrons. The molecule has 4 aliphatic heterocycles. The number of anilines is 2. The molecule has 9 nitrogen and oxygen atoms in total. The lowest BCUT2D eigenvalue weighted by Crippen LogP contribution is -2.49. The third-order valence-electron chi connectivity index (χ3n) is 7.86. The van der Waals surface area contributed by atoms with Crippen molar-refractivity contribution in [2.45, 2.75) is 57.7 Å². The number of carbonyl (C=O) groups is 2. The topological polar surface area (TPSA) is 90.9 Å². The lowest BCUT2D eigenvalue weighted by molar-refractivity contribution is -0.128. The van der Waals surface area contributed by atoms with E-state index < -0.39 is 0 Å². The first-order valence-electron chi connectivity index (χ1n) is 14.0. The zero-order valence-electron chi connectivity index (χ0n) is 22.7. The lowest BCUT2D eigenvalue weighted by atomic mass is 9.96. The van der Waals surface area contributed by atoms with Crippen molar-refractivity contribution in [2.75, 3.05) is 42.9 Å². The van der Waals surface area contributed by atoms with Gasteiger partial charge in [-0.25, -0.2) is 9.78 Å². The van der Waals surface area contributed by atoms with Gasteiger partial charge in [0.2, 0.25) is 11.9 Å². The highest BCUT2D eigenvalue weighted by Gasteiger charge is 2.28. The van der Waals surface area contributed by atoms with E-state index in [1.807, 2.05) is 4.90 Å². The second kappa shape index (κ2) is 12.4. The van der Waals surface area contributed by atoms with Gasteiger partial charge in [0.1, 0.15) is 12.4 Å². The molecular weight excluding hydrogens is 492 g/mol. The lowest BCUT2D eigenvalue weighted by Gasteiger charge is -2.39. The van der Waals surface area contributed by atoms with Gasteiger partial charge in [-0.2, -0.15) is 4.98 Å². The summed E-state index contributed by atoms with van der Waals surface area (Å²) in [6, 6.07) is 9.12. The fourth-order valence-corrected chi connectivity index (χ4v) is 5.57. The van der Waals surface area contributed by atoms with Crippen LogP contribution >= 0.6 is 0 Å². The number of benzene rings is 1. The number of hydrogen-bond acceptors (Lipinski definition) is 7. The van der Waals surface area contributed by atoms with Gasteiger partial charge in [-0.1, -0.05) is 49.4 Å². The van der Waals surface area contributed by atoms with Gasteiger partial charge in [-0.05, 0) is 49.8 Å². The molecule has 1 fully saturated rings.